The Hall–Kier alpha value is -2.77. The van der Waals surface area contributed by atoms with Gasteiger partial charge in [0.25, 0.3) is 0 Å². The van der Waals surface area contributed by atoms with Crippen LogP contribution in [-0.4, -0.2) is 41.4 Å². The first kappa shape index (κ1) is 18.6. The first-order chi connectivity index (χ1) is 13.6. The summed E-state index contributed by atoms with van der Waals surface area (Å²) in [5, 5.41) is 8.09. The molecule has 7 nitrogen and oxygen atoms in total. The normalized spacial score (nSPS) is 19.7. The van der Waals surface area contributed by atoms with Crippen molar-refractivity contribution in [1.82, 2.24) is 9.97 Å². The molecule has 7 heteroatoms. The number of rotatable bonds is 6. The molecule has 28 heavy (non-hydrogen) atoms. The fraction of sp³-hybridized carbons (Fsp3) is 0.381. The van der Waals surface area contributed by atoms with E-state index < -0.39 is 0 Å². The number of nitrogens with one attached hydrogen (secondary N) is 3. The van der Waals surface area contributed by atoms with Crippen molar-refractivity contribution >= 4 is 28.1 Å². The van der Waals surface area contributed by atoms with Gasteiger partial charge >= 0.3 is 0 Å². The van der Waals surface area contributed by atoms with Crippen LogP contribution >= 0.6 is 0 Å². The number of H-pyrrole nitrogens is 1. The number of nitrogens with two attached hydrogens (primary N) is 1. The highest BCUT2D eigenvalue weighted by Crippen LogP contribution is 2.31. The summed E-state index contributed by atoms with van der Waals surface area (Å²) in [4.78, 5) is 7.85. The van der Waals surface area contributed by atoms with E-state index in [1.807, 2.05) is 38.2 Å². The maximum Gasteiger partial charge on any atom is 0.215 e. The zero-order valence-electron chi connectivity index (χ0n) is 16.2. The zero-order valence-corrected chi connectivity index (χ0v) is 16.2. The van der Waals surface area contributed by atoms with Gasteiger partial charge in [-0.3, -0.25) is 0 Å². The fourth-order valence-electron chi connectivity index (χ4n) is 3.44. The number of aromatic nitrogens is 2. The Morgan fingerprint density at radius 1 is 1.29 bits per heavy atom. The van der Waals surface area contributed by atoms with E-state index in [2.05, 4.69) is 38.8 Å². The molecule has 1 aliphatic rings. The number of anilines is 3. The number of aromatic amines is 1. The average Bonchev–Trinajstić information content (AvgIpc) is 3.12. The number of benzene rings is 1. The van der Waals surface area contributed by atoms with E-state index in [9.17, 15) is 0 Å². The Morgan fingerprint density at radius 2 is 2.18 bits per heavy atom. The summed E-state index contributed by atoms with van der Waals surface area (Å²) in [6, 6.07) is 12.2. The second-order valence-electron chi connectivity index (χ2n) is 7.39. The summed E-state index contributed by atoms with van der Waals surface area (Å²) in [5.74, 6) is 1.34. The van der Waals surface area contributed by atoms with Crippen LogP contribution < -0.4 is 21.1 Å². The van der Waals surface area contributed by atoms with E-state index in [1.165, 1.54) is 0 Å². The fourth-order valence-corrected chi connectivity index (χ4v) is 3.44. The van der Waals surface area contributed by atoms with Gasteiger partial charge in [0, 0.05) is 47.5 Å². The van der Waals surface area contributed by atoms with Crippen molar-refractivity contribution in [3.8, 4) is 5.88 Å². The zero-order chi connectivity index (χ0) is 19.5. The number of hydrogen-bond acceptors (Lipinski definition) is 6. The lowest BCUT2D eigenvalue weighted by Gasteiger charge is -2.30. The van der Waals surface area contributed by atoms with Crippen LogP contribution in [0.2, 0.25) is 0 Å². The minimum atomic E-state index is -0.0176. The molecular formula is C21H27N5O2. The SMILES string of the molecule is CC(C)Oc1cccc(Nc2cc(N[C@@H]3CCOC[C@@H]3N)cc3[nH]ccc23)n1. The summed E-state index contributed by atoms with van der Waals surface area (Å²) in [7, 11) is 0. The molecule has 0 amide bonds. The molecule has 2 atom stereocenters. The summed E-state index contributed by atoms with van der Waals surface area (Å²) in [6.45, 7) is 5.29. The highest BCUT2D eigenvalue weighted by atomic mass is 16.5. The molecule has 0 unspecified atom stereocenters. The van der Waals surface area contributed by atoms with Gasteiger partial charge in [-0.2, -0.15) is 4.98 Å². The topological polar surface area (TPSA) is 97.2 Å². The van der Waals surface area contributed by atoms with Gasteiger partial charge in [-0.1, -0.05) is 6.07 Å². The first-order valence-corrected chi connectivity index (χ1v) is 9.70. The van der Waals surface area contributed by atoms with Crippen molar-refractivity contribution < 1.29 is 9.47 Å². The van der Waals surface area contributed by atoms with Crippen LogP contribution in [-0.2, 0) is 4.74 Å². The van der Waals surface area contributed by atoms with E-state index in [0.717, 1.165) is 41.1 Å². The van der Waals surface area contributed by atoms with E-state index in [4.69, 9.17) is 15.2 Å². The third kappa shape index (κ3) is 4.21. The summed E-state index contributed by atoms with van der Waals surface area (Å²) in [5.41, 5.74) is 9.22. The van der Waals surface area contributed by atoms with Crippen molar-refractivity contribution in [1.29, 1.82) is 0 Å². The molecule has 0 spiro atoms. The Balaban J connectivity index is 1.60. The highest BCUT2D eigenvalue weighted by Gasteiger charge is 2.22. The Labute approximate surface area is 164 Å². The highest BCUT2D eigenvalue weighted by molar-refractivity contribution is 5.96. The van der Waals surface area contributed by atoms with Crippen molar-refractivity contribution in [2.45, 2.75) is 38.5 Å². The lowest BCUT2D eigenvalue weighted by molar-refractivity contribution is 0.0752. The second-order valence-corrected chi connectivity index (χ2v) is 7.39. The molecule has 5 N–H and O–H groups in total. The van der Waals surface area contributed by atoms with Gasteiger partial charge in [0.2, 0.25) is 5.88 Å². The molecular weight excluding hydrogens is 354 g/mol. The Bertz CT molecular complexity index is 939. The summed E-state index contributed by atoms with van der Waals surface area (Å²) < 4.78 is 11.2. The number of hydrogen-bond donors (Lipinski definition) is 4. The number of ether oxygens (including phenoxy) is 2. The third-order valence-corrected chi connectivity index (χ3v) is 4.76. The predicted octanol–water partition coefficient (Wildman–Crippen LogP) is 3.62. The van der Waals surface area contributed by atoms with Gasteiger partial charge in [0.1, 0.15) is 5.82 Å². The van der Waals surface area contributed by atoms with E-state index in [1.54, 1.807) is 0 Å². The van der Waals surface area contributed by atoms with Crippen LogP contribution in [0.5, 0.6) is 5.88 Å². The van der Waals surface area contributed by atoms with Gasteiger partial charge in [-0.05, 0) is 44.5 Å². The van der Waals surface area contributed by atoms with Gasteiger partial charge in [0.05, 0.1) is 18.4 Å². The van der Waals surface area contributed by atoms with Gasteiger partial charge in [-0.25, -0.2) is 0 Å². The summed E-state index contributed by atoms with van der Waals surface area (Å²) in [6.07, 6.45) is 2.91. The van der Waals surface area contributed by atoms with Crippen molar-refractivity contribution in [2.24, 2.45) is 5.73 Å². The molecule has 1 aromatic carbocycles. The number of nitrogens with zero attached hydrogens (tertiary/aromatic N) is 1. The van der Waals surface area contributed by atoms with Crippen LogP contribution in [0, 0.1) is 0 Å². The van der Waals surface area contributed by atoms with Crippen LogP contribution in [0.3, 0.4) is 0 Å². The quantitative estimate of drug-likeness (QED) is 0.521. The molecule has 0 bridgehead atoms. The molecule has 3 aromatic rings. The summed E-state index contributed by atoms with van der Waals surface area (Å²) >= 11 is 0. The number of pyridine rings is 1. The molecule has 0 radical (unpaired) electrons. The van der Waals surface area contributed by atoms with Gasteiger partial charge in [0.15, 0.2) is 0 Å². The van der Waals surface area contributed by atoms with Crippen molar-refractivity contribution in [2.75, 3.05) is 23.8 Å². The monoisotopic (exact) mass is 381 g/mol. The van der Waals surface area contributed by atoms with Crippen LogP contribution in [0.1, 0.15) is 20.3 Å². The van der Waals surface area contributed by atoms with Crippen molar-refractivity contribution in [3.05, 3.63) is 42.6 Å². The molecule has 2 aromatic heterocycles. The standard InChI is InChI=1S/C21H27N5O2/c1-13(2)28-21-5-3-4-20(26-21)25-19-11-14(10-18-15(19)6-8-23-18)24-17-7-9-27-12-16(17)22/h3-6,8,10-11,13,16-17,23-24H,7,9,12,22H2,1-2H3,(H,25,26)/t16-,17+/m0/s1. The van der Waals surface area contributed by atoms with Crippen molar-refractivity contribution in [3.63, 3.8) is 0 Å². The molecule has 3 heterocycles. The van der Waals surface area contributed by atoms with Crippen LogP contribution in [0.4, 0.5) is 17.2 Å². The van der Waals surface area contributed by atoms with Crippen LogP contribution in [0.15, 0.2) is 42.6 Å². The molecule has 1 fully saturated rings. The van der Waals surface area contributed by atoms with E-state index in [-0.39, 0.29) is 18.2 Å². The Kier molecular flexibility index (Phi) is 5.36. The molecule has 1 saturated heterocycles. The van der Waals surface area contributed by atoms with Gasteiger partial charge in [-0.15, -0.1) is 0 Å². The second kappa shape index (κ2) is 8.08. The molecule has 4 rings (SSSR count). The minimum Gasteiger partial charge on any atom is -0.475 e. The maximum absolute atomic E-state index is 6.20. The third-order valence-electron chi connectivity index (χ3n) is 4.76. The average molecular weight is 381 g/mol. The minimum absolute atomic E-state index is 0.0176. The molecule has 148 valence electrons. The molecule has 0 saturated carbocycles. The van der Waals surface area contributed by atoms with E-state index in [0.29, 0.717) is 12.5 Å². The number of fused-ring (bicyclic) bond motifs is 1. The van der Waals surface area contributed by atoms with Gasteiger partial charge < -0.3 is 30.8 Å². The lowest BCUT2D eigenvalue weighted by atomic mass is 10.0. The predicted molar refractivity (Wildman–Crippen MR) is 112 cm³/mol. The smallest absolute Gasteiger partial charge is 0.215 e. The Morgan fingerprint density at radius 3 is 3.00 bits per heavy atom. The lowest BCUT2D eigenvalue weighted by Crippen LogP contribution is -2.47. The molecule has 1 aliphatic heterocycles. The van der Waals surface area contributed by atoms with E-state index >= 15 is 0 Å². The first-order valence-electron chi connectivity index (χ1n) is 9.70. The molecule has 0 aliphatic carbocycles. The maximum atomic E-state index is 6.20. The largest absolute Gasteiger partial charge is 0.475 e. The van der Waals surface area contributed by atoms with Crippen LogP contribution in [0.25, 0.3) is 10.9 Å².